The van der Waals surface area contributed by atoms with Gasteiger partial charge in [-0.15, -0.1) is 0 Å². The zero-order valence-electron chi connectivity index (χ0n) is 10.6. The minimum absolute atomic E-state index is 0.574. The van der Waals surface area contributed by atoms with Crippen molar-refractivity contribution in [1.29, 1.82) is 0 Å². The highest BCUT2D eigenvalue weighted by atomic mass is 15.0. The molecule has 2 atom stereocenters. The molecule has 0 radical (unpaired) electrons. The van der Waals surface area contributed by atoms with Crippen molar-refractivity contribution in [3.8, 4) is 0 Å². The Bertz CT molecular complexity index is 174. The van der Waals surface area contributed by atoms with Crippen LogP contribution in [0.2, 0.25) is 0 Å². The van der Waals surface area contributed by atoms with Crippen molar-refractivity contribution in [3.63, 3.8) is 0 Å². The fourth-order valence-corrected chi connectivity index (χ4v) is 3.17. The van der Waals surface area contributed by atoms with E-state index in [1.165, 1.54) is 25.8 Å². The van der Waals surface area contributed by atoms with Gasteiger partial charge in [0.2, 0.25) is 0 Å². The molecule has 0 spiro atoms. The van der Waals surface area contributed by atoms with Crippen LogP contribution in [0, 0.1) is 17.3 Å². The van der Waals surface area contributed by atoms with Crippen LogP contribution in [0.25, 0.3) is 0 Å². The predicted octanol–water partition coefficient (Wildman–Crippen LogP) is 3.45. The molecule has 1 saturated heterocycles. The summed E-state index contributed by atoms with van der Waals surface area (Å²) in [4.78, 5) is 0. The molecule has 0 aliphatic carbocycles. The van der Waals surface area contributed by atoms with Crippen LogP contribution in [0.15, 0.2) is 0 Å². The quantitative estimate of drug-likeness (QED) is 0.728. The molecule has 1 heteroatoms. The van der Waals surface area contributed by atoms with Crippen molar-refractivity contribution in [2.75, 3.05) is 6.54 Å². The van der Waals surface area contributed by atoms with E-state index in [0.29, 0.717) is 5.41 Å². The maximum absolute atomic E-state index is 3.71. The van der Waals surface area contributed by atoms with Crippen molar-refractivity contribution < 1.29 is 0 Å². The molecule has 14 heavy (non-hydrogen) atoms. The van der Waals surface area contributed by atoms with E-state index < -0.39 is 0 Å². The van der Waals surface area contributed by atoms with Crippen molar-refractivity contribution in [2.24, 2.45) is 17.3 Å². The van der Waals surface area contributed by atoms with E-state index in [1.54, 1.807) is 0 Å². The minimum atomic E-state index is 0.574. The average Bonchev–Trinajstić information content (AvgIpc) is 2.47. The largest absolute Gasteiger partial charge is 0.313 e. The topological polar surface area (TPSA) is 12.0 Å². The van der Waals surface area contributed by atoms with Crippen LogP contribution in [0.3, 0.4) is 0 Å². The normalized spacial score (nSPS) is 33.2. The molecule has 0 aromatic carbocycles. The number of rotatable bonds is 4. The zero-order valence-corrected chi connectivity index (χ0v) is 10.6. The summed E-state index contributed by atoms with van der Waals surface area (Å²) in [5.41, 5.74) is 0.574. The summed E-state index contributed by atoms with van der Waals surface area (Å²) >= 11 is 0. The molecule has 0 bridgehead atoms. The summed E-state index contributed by atoms with van der Waals surface area (Å²) in [6, 6.07) is 0.757. The van der Waals surface area contributed by atoms with Gasteiger partial charge in [-0.3, -0.25) is 0 Å². The molecular formula is C13H27N. The molecule has 1 rings (SSSR count). The molecule has 0 aromatic rings. The van der Waals surface area contributed by atoms with Crippen LogP contribution in [-0.2, 0) is 0 Å². The van der Waals surface area contributed by atoms with Crippen molar-refractivity contribution in [1.82, 2.24) is 5.32 Å². The van der Waals surface area contributed by atoms with Crippen LogP contribution in [0.5, 0.6) is 0 Å². The molecule has 1 N–H and O–H groups in total. The molecule has 1 aliphatic heterocycles. The Morgan fingerprint density at radius 3 is 2.36 bits per heavy atom. The van der Waals surface area contributed by atoms with Gasteiger partial charge in [-0.1, -0.05) is 34.6 Å². The van der Waals surface area contributed by atoms with Gasteiger partial charge in [0.1, 0.15) is 0 Å². The van der Waals surface area contributed by atoms with E-state index in [-0.39, 0.29) is 0 Å². The second kappa shape index (κ2) is 4.65. The summed E-state index contributed by atoms with van der Waals surface area (Å²) in [5, 5.41) is 3.71. The fourth-order valence-electron chi connectivity index (χ4n) is 3.17. The lowest BCUT2D eigenvalue weighted by Crippen LogP contribution is -2.41. The van der Waals surface area contributed by atoms with E-state index >= 15 is 0 Å². The third-order valence-electron chi connectivity index (χ3n) is 4.19. The SMILES string of the molecule is CCC1(C(C)C)CCNC1CC(C)C. The summed E-state index contributed by atoms with van der Waals surface area (Å²) < 4.78 is 0. The van der Waals surface area contributed by atoms with Gasteiger partial charge < -0.3 is 5.32 Å². The number of hydrogen-bond acceptors (Lipinski definition) is 1. The van der Waals surface area contributed by atoms with Crippen molar-refractivity contribution in [2.45, 2.75) is 59.9 Å². The standard InChI is InChI=1S/C13H27N/c1-6-13(11(4)5)7-8-14-12(13)9-10(2)3/h10-12,14H,6-9H2,1-5H3. The molecule has 1 heterocycles. The summed E-state index contributed by atoms with van der Waals surface area (Å²) in [6.45, 7) is 13.0. The van der Waals surface area contributed by atoms with Gasteiger partial charge in [0, 0.05) is 6.04 Å². The monoisotopic (exact) mass is 197 g/mol. The molecular weight excluding hydrogens is 170 g/mol. The minimum Gasteiger partial charge on any atom is -0.313 e. The van der Waals surface area contributed by atoms with Crippen LogP contribution in [0.1, 0.15) is 53.9 Å². The first kappa shape index (κ1) is 12.0. The van der Waals surface area contributed by atoms with Gasteiger partial charge in [0.15, 0.2) is 0 Å². The first-order valence-corrected chi connectivity index (χ1v) is 6.26. The van der Waals surface area contributed by atoms with E-state index in [2.05, 4.69) is 39.9 Å². The molecule has 0 aromatic heterocycles. The Balaban J connectivity index is 2.72. The maximum atomic E-state index is 3.71. The summed E-state index contributed by atoms with van der Waals surface area (Å²) in [5.74, 6) is 1.63. The second-order valence-electron chi connectivity index (χ2n) is 5.63. The van der Waals surface area contributed by atoms with E-state index in [4.69, 9.17) is 0 Å². The molecule has 1 nitrogen and oxygen atoms in total. The van der Waals surface area contributed by atoms with Gasteiger partial charge in [0.25, 0.3) is 0 Å². The molecule has 2 unspecified atom stereocenters. The third-order valence-corrected chi connectivity index (χ3v) is 4.19. The smallest absolute Gasteiger partial charge is 0.0129 e. The Hall–Kier alpha value is -0.0400. The number of nitrogens with one attached hydrogen (secondary N) is 1. The highest BCUT2D eigenvalue weighted by molar-refractivity contribution is 4.98. The second-order valence-corrected chi connectivity index (χ2v) is 5.63. The Morgan fingerprint density at radius 1 is 1.29 bits per heavy atom. The zero-order chi connectivity index (χ0) is 10.8. The van der Waals surface area contributed by atoms with Crippen LogP contribution < -0.4 is 5.32 Å². The predicted molar refractivity (Wildman–Crippen MR) is 63.4 cm³/mol. The Labute approximate surface area is 89.7 Å². The van der Waals surface area contributed by atoms with Gasteiger partial charge in [0.05, 0.1) is 0 Å². The Kier molecular flexibility index (Phi) is 4.00. The molecule has 1 fully saturated rings. The highest BCUT2D eigenvalue weighted by Gasteiger charge is 2.43. The first-order valence-electron chi connectivity index (χ1n) is 6.26. The third kappa shape index (κ3) is 2.13. The van der Waals surface area contributed by atoms with Gasteiger partial charge >= 0.3 is 0 Å². The fraction of sp³-hybridized carbons (Fsp3) is 1.00. The van der Waals surface area contributed by atoms with Crippen molar-refractivity contribution in [3.05, 3.63) is 0 Å². The van der Waals surface area contributed by atoms with Gasteiger partial charge in [-0.2, -0.15) is 0 Å². The Morgan fingerprint density at radius 2 is 1.93 bits per heavy atom. The van der Waals surface area contributed by atoms with Crippen LogP contribution in [0.4, 0.5) is 0 Å². The van der Waals surface area contributed by atoms with Gasteiger partial charge in [-0.25, -0.2) is 0 Å². The number of hydrogen-bond donors (Lipinski definition) is 1. The van der Waals surface area contributed by atoms with E-state index in [0.717, 1.165) is 17.9 Å². The van der Waals surface area contributed by atoms with E-state index in [1.807, 2.05) is 0 Å². The molecule has 0 saturated carbocycles. The van der Waals surface area contributed by atoms with E-state index in [9.17, 15) is 0 Å². The summed E-state index contributed by atoms with van der Waals surface area (Å²) in [7, 11) is 0. The lowest BCUT2D eigenvalue weighted by molar-refractivity contribution is 0.138. The summed E-state index contributed by atoms with van der Waals surface area (Å²) in [6.07, 6.45) is 4.04. The molecule has 1 aliphatic rings. The van der Waals surface area contributed by atoms with Crippen molar-refractivity contribution >= 4 is 0 Å². The van der Waals surface area contributed by atoms with Crippen LogP contribution in [-0.4, -0.2) is 12.6 Å². The lowest BCUT2D eigenvalue weighted by Gasteiger charge is -2.39. The molecule has 0 amide bonds. The van der Waals surface area contributed by atoms with Crippen LogP contribution >= 0.6 is 0 Å². The average molecular weight is 197 g/mol. The molecule has 84 valence electrons. The highest BCUT2D eigenvalue weighted by Crippen LogP contribution is 2.43. The van der Waals surface area contributed by atoms with Gasteiger partial charge in [-0.05, 0) is 43.1 Å². The first-order chi connectivity index (χ1) is 6.53. The lowest BCUT2D eigenvalue weighted by atomic mass is 9.68. The maximum Gasteiger partial charge on any atom is 0.0129 e.